The summed E-state index contributed by atoms with van der Waals surface area (Å²) in [5, 5.41) is 0. The minimum Gasteiger partial charge on any atom is -0.378 e. The molecule has 1 aromatic carbocycles. The van der Waals surface area contributed by atoms with Gasteiger partial charge in [-0.15, -0.1) is 0 Å². The Hall–Kier alpha value is -1.55. The first-order valence-electron chi connectivity index (χ1n) is 9.42. The molecule has 2 aliphatic heterocycles. The Morgan fingerprint density at radius 2 is 1.88 bits per heavy atom. The molecule has 1 spiro atoms. The minimum absolute atomic E-state index is 0.0494. The molecule has 0 radical (unpaired) electrons. The third-order valence-corrected chi connectivity index (χ3v) is 6.22. The Labute approximate surface area is 144 Å². The second-order valence-corrected chi connectivity index (χ2v) is 7.70. The number of ether oxygens (including phenoxy) is 1. The van der Waals surface area contributed by atoms with Crippen molar-refractivity contribution < 1.29 is 9.53 Å². The normalized spacial score (nSPS) is 26.3. The number of benzene rings is 1. The van der Waals surface area contributed by atoms with Crippen LogP contribution in [0.3, 0.4) is 0 Å². The molecule has 24 heavy (non-hydrogen) atoms. The quantitative estimate of drug-likeness (QED) is 0.726. The minimum atomic E-state index is 0.0494. The third-order valence-electron chi connectivity index (χ3n) is 6.22. The van der Waals surface area contributed by atoms with E-state index in [2.05, 4.69) is 36.1 Å². The van der Waals surface area contributed by atoms with E-state index in [1.54, 1.807) is 0 Å². The highest BCUT2D eigenvalue weighted by molar-refractivity contribution is 5.76. The molecule has 130 valence electrons. The van der Waals surface area contributed by atoms with Crippen molar-refractivity contribution in [1.82, 2.24) is 9.80 Å². The van der Waals surface area contributed by atoms with Gasteiger partial charge in [-0.3, -0.25) is 0 Å². The number of carbonyl (C=O) groups is 1. The van der Waals surface area contributed by atoms with Crippen LogP contribution in [0.1, 0.15) is 56.1 Å². The van der Waals surface area contributed by atoms with Gasteiger partial charge >= 0.3 is 6.03 Å². The van der Waals surface area contributed by atoms with Crippen LogP contribution in [0.4, 0.5) is 4.79 Å². The molecule has 4 heteroatoms. The number of amides is 2. The van der Waals surface area contributed by atoms with Crippen LogP contribution in [0, 0.1) is 0 Å². The van der Waals surface area contributed by atoms with Crippen molar-refractivity contribution in [1.29, 1.82) is 0 Å². The molecule has 0 N–H and O–H groups in total. The van der Waals surface area contributed by atoms with E-state index in [0.29, 0.717) is 19.1 Å². The van der Waals surface area contributed by atoms with Gasteiger partial charge in [-0.1, -0.05) is 44.0 Å². The van der Waals surface area contributed by atoms with Gasteiger partial charge in [0.2, 0.25) is 0 Å². The Kier molecular flexibility index (Phi) is 4.25. The fourth-order valence-electron chi connectivity index (χ4n) is 4.99. The summed E-state index contributed by atoms with van der Waals surface area (Å²) in [6, 6.07) is 8.93. The van der Waals surface area contributed by atoms with Crippen molar-refractivity contribution in [3.8, 4) is 0 Å². The second-order valence-electron chi connectivity index (χ2n) is 7.70. The van der Waals surface area contributed by atoms with Crippen LogP contribution in [0.2, 0.25) is 0 Å². The van der Waals surface area contributed by atoms with Gasteiger partial charge in [0.1, 0.15) is 0 Å². The molecule has 1 saturated carbocycles. The predicted molar refractivity (Wildman–Crippen MR) is 94.0 cm³/mol. The molecule has 1 saturated heterocycles. The van der Waals surface area contributed by atoms with E-state index in [1.807, 2.05) is 4.90 Å². The SMILES string of the molecule is C[C@H]1CC2(CCCC2)N(C(=O)N2CCOCC2)Cc2ccccc21. The maximum atomic E-state index is 13.4. The number of fused-ring (bicyclic) bond motifs is 1. The molecule has 4 nitrogen and oxygen atoms in total. The number of urea groups is 1. The number of carbonyl (C=O) groups excluding carboxylic acids is 1. The number of hydrogen-bond acceptors (Lipinski definition) is 2. The summed E-state index contributed by atoms with van der Waals surface area (Å²) in [6.07, 6.45) is 5.90. The molecule has 0 bridgehead atoms. The molecule has 1 aliphatic carbocycles. The van der Waals surface area contributed by atoms with Gasteiger partial charge in [-0.05, 0) is 36.3 Å². The van der Waals surface area contributed by atoms with E-state index in [-0.39, 0.29) is 11.6 Å². The molecule has 2 heterocycles. The molecule has 3 aliphatic rings. The molecule has 0 aromatic heterocycles. The monoisotopic (exact) mass is 328 g/mol. The summed E-state index contributed by atoms with van der Waals surface area (Å²) >= 11 is 0. The summed E-state index contributed by atoms with van der Waals surface area (Å²) < 4.78 is 5.44. The van der Waals surface area contributed by atoms with E-state index in [1.165, 1.54) is 24.0 Å². The van der Waals surface area contributed by atoms with E-state index >= 15 is 0 Å². The summed E-state index contributed by atoms with van der Waals surface area (Å²) in [4.78, 5) is 17.6. The molecular formula is C20H28N2O2. The highest BCUT2D eigenvalue weighted by atomic mass is 16.5. The maximum Gasteiger partial charge on any atom is 0.320 e. The average molecular weight is 328 g/mol. The molecule has 4 rings (SSSR count). The van der Waals surface area contributed by atoms with Crippen molar-refractivity contribution >= 4 is 6.03 Å². The zero-order chi connectivity index (χ0) is 16.6. The zero-order valence-electron chi connectivity index (χ0n) is 14.7. The third kappa shape index (κ3) is 2.71. The van der Waals surface area contributed by atoms with Gasteiger partial charge in [0.05, 0.1) is 13.2 Å². The number of hydrogen-bond donors (Lipinski definition) is 0. The number of rotatable bonds is 0. The van der Waals surface area contributed by atoms with Gasteiger partial charge in [0, 0.05) is 25.2 Å². The van der Waals surface area contributed by atoms with Crippen LogP contribution >= 0.6 is 0 Å². The van der Waals surface area contributed by atoms with Crippen LogP contribution in [0.5, 0.6) is 0 Å². The first-order valence-corrected chi connectivity index (χ1v) is 9.42. The molecular weight excluding hydrogens is 300 g/mol. The largest absolute Gasteiger partial charge is 0.378 e. The van der Waals surface area contributed by atoms with Crippen LogP contribution < -0.4 is 0 Å². The van der Waals surface area contributed by atoms with Gasteiger partial charge in [0.25, 0.3) is 0 Å². The summed E-state index contributed by atoms with van der Waals surface area (Å²) in [5.74, 6) is 0.516. The molecule has 1 aromatic rings. The zero-order valence-corrected chi connectivity index (χ0v) is 14.7. The fourth-order valence-corrected chi connectivity index (χ4v) is 4.99. The standard InChI is InChI=1S/C20H28N2O2/c1-16-14-20(8-4-5-9-20)22(15-17-6-2-3-7-18(16)17)19(23)21-10-12-24-13-11-21/h2-3,6-7,16H,4-5,8-15H2,1H3/t16-/m0/s1. The van der Waals surface area contributed by atoms with Crippen LogP contribution in [0.15, 0.2) is 24.3 Å². The van der Waals surface area contributed by atoms with Crippen molar-refractivity contribution in [2.24, 2.45) is 0 Å². The van der Waals surface area contributed by atoms with Crippen LogP contribution in [0.25, 0.3) is 0 Å². The van der Waals surface area contributed by atoms with Crippen LogP contribution in [-0.4, -0.2) is 47.7 Å². The van der Waals surface area contributed by atoms with Gasteiger partial charge in [0.15, 0.2) is 0 Å². The summed E-state index contributed by atoms with van der Waals surface area (Å²) in [5.41, 5.74) is 2.81. The Morgan fingerprint density at radius 3 is 2.62 bits per heavy atom. The molecule has 2 fully saturated rings. The van der Waals surface area contributed by atoms with Gasteiger partial charge in [-0.2, -0.15) is 0 Å². The Balaban J connectivity index is 1.69. The van der Waals surface area contributed by atoms with E-state index in [9.17, 15) is 4.79 Å². The van der Waals surface area contributed by atoms with E-state index in [0.717, 1.165) is 38.9 Å². The first-order chi connectivity index (χ1) is 11.7. The Bertz CT molecular complexity index is 603. The smallest absolute Gasteiger partial charge is 0.320 e. The van der Waals surface area contributed by atoms with Crippen molar-refractivity contribution in [2.75, 3.05) is 26.3 Å². The van der Waals surface area contributed by atoms with Crippen LogP contribution in [-0.2, 0) is 11.3 Å². The number of nitrogens with zero attached hydrogens (tertiary/aromatic N) is 2. The topological polar surface area (TPSA) is 32.8 Å². The maximum absolute atomic E-state index is 13.4. The fraction of sp³-hybridized carbons (Fsp3) is 0.650. The lowest BCUT2D eigenvalue weighted by Crippen LogP contribution is -2.56. The van der Waals surface area contributed by atoms with Crippen molar-refractivity contribution in [2.45, 2.75) is 57.0 Å². The summed E-state index contributed by atoms with van der Waals surface area (Å²) in [7, 11) is 0. The first kappa shape index (κ1) is 15.9. The van der Waals surface area contributed by atoms with Gasteiger partial charge in [-0.25, -0.2) is 4.79 Å². The van der Waals surface area contributed by atoms with E-state index < -0.39 is 0 Å². The van der Waals surface area contributed by atoms with E-state index in [4.69, 9.17) is 4.74 Å². The van der Waals surface area contributed by atoms with Crippen molar-refractivity contribution in [3.63, 3.8) is 0 Å². The second kappa shape index (κ2) is 6.40. The number of morpholine rings is 1. The average Bonchev–Trinajstić information content (AvgIpc) is 3.04. The predicted octanol–water partition coefficient (Wildman–Crippen LogP) is 3.76. The highest BCUT2D eigenvalue weighted by Gasteiger charge is 2.46. The molecule has 1 atom stereocenters. The van der Waals surface area contributed by atoms with Crippen molar-refractivity contribution in [3.05, 3.63) is 35.4 Å². The Morgan fingerprint density at radius 1 is 1.17 bits per heavy atom. The molecule has 0 unspecified atom stereocenters. The lowest BCUT2D eigenvalue weighted by atomic mass is 9.83. The van der Waals surface area contributed by atoms with Gasteiger partial charge < -0.3 is 14.5 Å². The summed E-state index contributed by atoms with van der Waals surface area (Å²) in [6.45, 7) is 5.88. The lowest BCUT2D eigenvalue weighted by molar-refractivity contribution is 0.0238. The molecule has 2 amide bonds. The lowest BCUT2D eigenvalue weighted by Gasteiger charge is -2.44. The highest BCUT2D eigenvalue weighted by Crippen LogP contribution is 2.46.